The lowest BCUT2D eigenvalue weighted by Crippen LogP contribution is -2.26. The second-order valence-electron chi connectivity index (χ2n) is 12.0. The Morgan fingerprint density at radius 3 is 2.28 bits per heavy atom. The molecule has 2 aliphatic rings. The van der Waals surface area contributed by atoms with Gasteiger partial charge in [-0.3, -0.25) is 9.36 Å². The molecular weight excluding hydrogens is 640 g/mol. The first-order valence-electron chi connectivity index (χ1n) is 15.3. The number of hydrogen-bond donors (Lipinski definition) is 5. The number of nitrogens with one attached hydrogen (secondary N) is 2. The average molecular weight is 679 g/mol. The number of carbonyl (C=O) groups excluding carboxylic acids is 1. The van der Waals surface area contributed by atoms with Crippen LogP contribution in [0, 0.1) is 0 Å². The molecule has 3 aromatic rings. The van der Waals surface area contributed by atoms with Crippen LogP contribution in [0.2, 0.25) is 0 Å². The Balaban J connectivity index is 1.52. The van der Waals surface area contributed by atoms with E-state index in [1.54, 1.807) is 27.0 Å². The van der Waals surface area contributed by atoms with Gasteiger partial charge >= 0.3 is 13.8 Å². The van der Waals surface area contributed by atoms with Gasteiger partial charge in [-0.15, -0.1) is 0 Å². The first-order chi connectivity index (χ1) is 22.1. The number of amides is 1. The number of anilines is 4. The first-order valence-corrected chi connectivity index (χ1v) is 16.9. The molecule has 1 aliphatic carbocycles. The molecule has 5 N–H and O–H groups in total. The summed E-state index contributed by atoms with van der Waals surface area (Å²) in [5, 5.41) is 14.0. The molecule has 5 rings (SSSR count). The molecule has 1 amide bonds. The van der Waals surface area contributed by atoms with E-state index >= 15 is 0 Å². The Morgan fingerprint density at radius 2 is 1.68 bits per heavy atom. The minimum atomic E-state index is -4.83. The highest BCUT2D eigenvalue weighted by molar-refractivity contribution is 7.53. The number of aliphatic hydroxyl groups excluding tert-OH is 1. The molecule has 2 aromatic heterocycles. The van der Waals surface area contributed by atoms with Crippen molar-refractivity contribution in [2.24, 2.45) is 0 Å². The Labute approximate surface area is 270 Å². The fraction of sp³-hybridized carbons (Fsp3) is 0.484. The number of alkyl halides is 3. The number of hydrogen-bond acceptors (Lipinski definition) is 9. The highest BCUT2D eigenvalue weighted by Crippen LogP contribution is 2.60. The van der Waals surface area contributed by atoms with Crippen molar-refractivity contribution in [3.63, 3.8) is 0 Å². The van der Waals surface area contributed by atoms with Gasteiger partial charge in [-0.05, 0) is 73.8 Å². The van der Waals surface area contributed by atoms with Crippen LogP contribution in [0.3, 0.4) is 0 Å². The number of nitrogens with zero attached hydrogens (tertiary/aromatic N) is 4. The van der Waals surface area contributed by atoms with Crippen molar-refractivity contribution in [2.45, 2.75) is 82.3 Å². The lowest BCUT2D eigenvalue weighted by molar-refractivity contribution is -0.137. The summed E-state index contributed by atoms with van der Waals surface area (Å²) in [6.45, 7) is 3.59. The molecule has 254 valence electrons. The number of pyridine rings is 1. The maximum atomic E-state index is 14.2. The van der Waals surface area contributed by atoms with Gasteiger partial charge in [0.1, 0.15) is 22.2 Å². The largest absolute Gasteiger partial charge is 0.480 e. The Morgan fingerprint density at radius 1 is 1.02 bits per heavy atom. The molecule has 12 nitrogen and oxygen atoms in total. The van der Waals surface area contributed by atoms with E-state index in [0.717, 1.165) is 24.0 Å². The van der Waals surface area contributed by atoms with E-state index in [1.165, 1.54) is 24.1 Å². The van der Waals surface area contributed by atoms with Crippen molar-refractivity contribution < 1.29 is 42.2 Å². The van der Waals surface area contributed by atoms with Gasteiger partial charge in [-0.1, -0.05) is 19.9 Å². The van der Waals surface area contributed by atoms with Gasteiger partial charge in [0.2, 0.25) is 11.8 Å². The second kappa shape index (κ2) is 13.0. The fourth-order valence-electron chi connectivity index (χ4n) is 6.57. The van der Waals surface area contributed by atoms with Gasteiger partial charge < -0.3 is 35.2 Å². The molecule has 16 heteroatoms. The van der Waals surface area contributed by atoms with Crippen LogP contribution < -0.4 is 15.4 Å². The van der Waals surface area contributed by atoms with Gasteiger partial charge in [0, 0.05) is 19.8 Å². The van der Waals surface area contributed by atoms with Crippen LogP contribution in [-0.2, 0) is 22.4 Å². The van der Waals surface area contributed by atoms with E-state index < -0.39 is 30.3 Å². The van der Waals surface area contributed by atoms with Crippen LogP contribution >= 0.6 is 7.60 Å². The quantitative estimate of drug-likeness (QED) is 0.155. The summed E-state index contributed by atoms with van der Waals surface area (Å²) in [6, 6.07) is 6.27. The molecule has 1 fully saturated rings. The highest BCUT2D eigenvalue weighted by atomic mass is 31.2. The van der Waals surface area contributed by atoms with Crippen molar-refractivity contribution in [2.75, 3.05) is 24.8 Å². The normalized spacial score (nSPS) is 18.7. The number of benzene rings is 1. The zero-order valence-electron chi connectivity index (χ0n) is 26.4. The lowest BCUT2D eigenvalue weighted by atomic mass is 9.80. The smallest absolute Gasteiger partial charge is 0.421 e. The van der Waals surface area contributed by atoms with E-state index in [-0.39, 0.29) is 65.2 Å². The molecular formula is C31H38F3N6O6P. The number of ether oxygens (including phenoxy) is 1. The summed E-state index contributed by atoms with van der Waals surface area (Å²) in [5.74, 6) is -1.12. The molecule has 0 atom stereocenters. The van der Waals surface area contributed by atoms with Crippen LogP contribution in [0.15, 0.2) is 30.5 Å². The second-order valence-corrected chi connectivity index (χ2v) is 13.9. The van der Waals surface area contributed by atoms with Crippen molar-refractivity contribution in [3.8, 4) is 5.88 Å². The topological polar surface area (TPSA) is 170 Å². The molecule has 0 saturated heterocycles. The molecule has 0 spiro atoms. The summed E-state index contributed by atoms with van der Waals surface area (Å²) in [4.78, 5) is 47.4. The third-order valence-electron chi connectivity index (χ3n) is 9.29. The van der Waals surface area contributed by atoms with Crippen LogP contribution in [0.25, 0.3) is 0 Å². The van der Waals surface area contributed by atoms with Crippen molar-refractivity contribution >= 4 is 36.6 Å². The summed E-state index contributed by atoms with van der Waals surface area (Å²) >= 11 is 0. The number of halogens is 3. The van der Waals surface area contributed by atoms with Gasteiger partial charge in [0.15, 0.2) is 0 Å². The summed E-state index contributed by atoms with van der Waals surface area (Å²) in [6.07, 6.45) is -1.61. The third kappa shape index (κ3) is 6.54. The van der Waals surface area contributed by atoms with E-state index in [2.05, 4.69) is 25.6 Å². The molecule has 0 radical (unpaired) electrons. The Hall–Kier alpha value is -3.78. The SMILES string of the molecule is CCC(CC)(c1ccc(Nc2ncc(C(F)(F)F)c(Nc3ccc(C4CCC(O)CC4)c4c3C(=O)N(C)C4)n2)c(OC)n1)P(=O)(O)O. The van der Waals surface area contributed by atoms with Crippen LogP contribution in [0.1, 0.15) is 91.0 Å². The molecule has 0 unspecified atom stereocenters. The van der Waals surface area contributed by atoms with Gasteiger partial charge in [-0.2, -0.15) is 18.2 Å². The minimum absolute atomic E-state index is 0.0718. The van der Waals surface area contributed by atoms with Gasteiger partial charge in [0.05, 0.1) is 30.2 Å². The van der Waals surface area contributed by atoms with Gasteiger partial charge in [-0.25, -0.2) is 9.97 Å². The summed E-state index contributed by atoms with van der Waals surface area (Å²) < 4.78 is 60.3. The maximum Gasteiger partial charge on any atom is 0.421 e. The number of rotatable bonds is 10. The number of aliphatic hydroxyl groups is 1. The van der Waals surface area contributed by atoms with Crippen LogP contribution in [0.4, 0.5) is 36.3 Å². The average Bonchev–Trinajstić information content (AvgIpc) is 3.32. The highest BCUT2D eigenvalue weighted by Gasteiger charge is 2.47. The Bertz CT molecular complexity index is 1710. The standard InChI is InChI=1S/C31H38F3N6O6P/c1-5-30(6-2,47(43,44)45)24-14-13-23(27(38-24)46-4)37-29-35-15-21(31(32,33)34)26(39-29)36-22-12-11-19(17-7-9-18(41)10-8-17)20-16-40(3)28(42)25(20)22/h11-15,17-18,41H,5-10,16H2,1-4H3,(H2,43,44,45)(H2,35,36,37,39). The number of fused-ring (bicyclic) bond motifs is 1. The molecule has 1 aromatic carbocycles. The Kier molecular flexibility index (Phi) is 9.57. The zero-order chi connectivity index (χ0) is 34.3. The lowest BCUT2D eigenvalue weighted by Gasteiger charge is -2.32. The molecule has 3 heterocycles. The van der Waals surface area contributed by atoms with Gasteiger partial charge in [0.25, 0.3) is 5.91 Å². The first kappa shape index (κ1) is 34.6. The van der Waals surface area contributed by atoms with E-state index in [4.69, 9.17) is 4.74 Å². The third-order valence-corrected chi connectivity index (χ3v) is 11.3. The minimum Gasteiger partial charge on any atom is -0.480 e. The number of aromatic nitrogens is 3. The number of methoxy groups -OCH3 is 1. The molecule has 1 aliphatic heterocycles. The van der Waals surface area contributed by atoms with Crippen molar-refractivity contribution in [1.82, 2.24) is 19.9 Å². The predicted octanol–water partition coefficient (Wildman–Crippen LogP) is 6.18. The molecule has 1 saturated carbocycles. The summed E-state index contributed by atoms with van der Waals surface area (Å²) in [5.41, 5.74) is 1.23. The van der Waals surface area contributed by atoms with Crippen LogP contribution in [-0.4, -0.2) is 60.9 Å². The van der Waals surface area contributed by atoms with E-state index in [0.29, 0.717) is 25.6 Å². The van der Waals surface area contributed by atoms with Crippen LogP contribution in [0.5, 0.6) is 5.88 Å². The zero-order valence-corrected chi connectivity index (χ0v) is 27.3. The summed E-state index contributed by atoms with van der Waals surface area (Å²) in [7, 11) is -1.72. The monoisotopic (exact) mass is 678 g/mol. The maximum absolute atomic E-state index is 14.2. The predicted molar refractivity (Wildman–Crippen MR) is 168 cm³/mol. The van der Waals surface area contributed by atoms with E-state index in [1.807, 2.05) is 6.07 Å². The number of carbonyl (C=O) groups is 1. The molecule has 0 bridgehead atoms. The van der Waals surface area contributed by atoms with Crippen molar-refractivity contribution in [3.05, 3.63) is 58.4 Å². The fourth-order valence-corrected chi connectivity index (χ4v) is 7.82. The van der Waals surface area contributed by atoms with Crippen molar-refractivity contribution in [1.29, 1.82) is 0 Å². The van der Waals surface area contributed by atoms with E-state index in [9.17, 15) is 37.4 Å². The molecule has 47 heavy (non-hydrogen) atoms.